The lowest BCUT2D eigenvalue weighted by Gasteiger charge is -2.11. The van der Waals surface area contributed by atoms with E-state index in [9.17, 15) is 5.11 Å². The van der Waals surface area contributed by atoms with Gasteiger partial charge < -0.3 is 9.84 Å². The summed E-state index contributed by atoms with van der Waals surface area (Å²) in [6.07, 6.45) is 0. The highest BCUT2D eigenvalue weighted by molar-refractivity contribution is 9.10. The molecule has 0 radical (unpaired) electrons. The molecule has 3 heteroatoms. The fourth-order valence-electron chi connectivity index (χ4n) is 2.11. The SMILES string of the molecule is OCc1ccc(Br)cc1Oc1ccc2ccccc2c1. The van der Waals surface area contributed by atoms with Crippen molar-refractivity contribution in [3.63, 3.8) is 0 Å². The van der Waals surface area contributed by atoms with Crippen LogP contribution in [-0.4, -0.2) is 5.11 Å². The quantitative estimate of drug-likeness (QED) is 0.741. The third kappa shape index (κ3) is 2.69. The fraction of sp³-hybridized carbons (Fsp3) is 0.0588. The Morgan fingerprint density at radius 1 is 0.900 bits per heavy atom. The molecule has 0 aliphatic rings. The van der Waals surface area contributed by atoms with Crippen LogP contribution in [-0.2, 0) is 6.61 Å². The summed E-state index contributed by atoms with van der Waals surface area (Å²) in [7, 11) is 0. The molecule has 0 aliphatic heterocycles. The molecule has 0 saturated carbocycles. The van der Waals surface area contributed by atoms with E-state index >= 15 is 0 Å². The number of aliphatic hydroxyl groups is 1. The number of fused-ring (bicyclic) bond motifs is 1. The van der Waals surface area contributed by atoms with Gasteiger partial charge in [0.2, 0.25) is 0 Å². The second-order valence-corrected chi connectivity index (χ2v) is 5.44. The summed E-state index contributed by atoms with van der Waals surface area (Å²) < 4.78 is 6.82. The van der Waals surface area contributed by atoms with Gasteiger partial charge in [-0.3, -0.25) is 0 Å². The van der Waals surface area contributed by atoms with Gasteiger partial charge in [0.1, 0.15) is 11.5 Å². The molecule has 0 saturated heterocycles. The minimum atomic E-state index is -0.0454. The number of hydrogen-bond donors (Lipinski definition) is 1. The smallest absolute Gasteiger partial charge is 0.134 e. The maximum Gasteiger partial charge on any atom is 0.134 e. The number of ether oxygens (including phenoxy) is 1. The summed E-state index contributed by atoms with van der Waals surface area (Å²) in [4.78, 5) is 0. The molecule has 0 bridgehead atoms. The Labute approximate surface area is 125 Å². The first kappa shape index (κ1) is 13.2. The lowest BCUT2D eigenvalue weighted by molar-refractivity contribution is 0.276. The van der Waals surface area contributed by atoms with E-state index in [0.717, 1.165) is 21.2 Å². The Bertz CT molecular complexity index is 753. The van der Waals surface area contributed by atoms with Crippen molar-refractivity contribution in [1.29, 1.82) is 0 Å². The van der Waals surface area contributed by atoms with E-state index in [2.05, 4.69) is 28.1 Å². The Balaban J connectivity index is 1.98. The van der Waals surface area contributed by atoms with Crippen LogP contribution in [0.5, 0.6) is 11.5 Å². The molecule has 1 N–H and O–H groups in total. The van der Waals surface area contributed by atoms with Crippen molar-refractivity contribution in [2.75, 3.05) is 0 Å². The van der Waals surface area contributed by atoms with Crippen LogP contribution in [0.15, 0.2) is 65.1 Å². The molecule has 0 atom stereocenters. The van der Waals surface area contributed by atoms with Gasteiger partial charge in [-0.15, -0.1) is 0 Å². The minimum Gasteiger partial charge on any atom is -0.457 e. The van der Waals surface area contributed by atoms with E-state index in [1.54, 1.807) is 0 Å². The maximum absolute atomic E-state index is 9.36. The van der Waals surface area contributed by atoms with Gasteiger partial charge in [-0.1, -0.05) is 52.3 Å². The summed E-state index contributed by atoms with van der Waals surface area (Å²) in [6, 6.07) is 19.7. The second-order valence-electron chi connectivity index (χ2n) is 4.52. The molecule has 100 valence electrons. The molecule has 0 unspecified atom stereocenters. The molecule has 0 aliphatic carbocycles. The number of aliphatic hydroxyl groups excluding tert-OH is 1. The Morgan fingerprint density at radius 3 is 2.50 bits per heavy atom. The Kier molecular flexibility index (Phi) is 3.72. The molecule has 0 aromatic heterocycles. The van der Waals surface area contributed by atoms with E-state index in [0.29, 0.717) is 5.75 Å². The predicted molar refractivity (Wildman–Crippen MR) is 84.1 cm³/mol. The first-order valence-corrected chi connectivity index (χ1v) is 7.11. The first-order chi connectivity index (χ1) is 9.76. The van der Waals surface area contributed by atoms with Crippen LogP contribution in [0.3, 0.4) is 0 Å². The van der Waals surface area contributed by atoms with E-state index in [1.807, 2.05) is 48.5 Å². The summed E-state index contributed by atoms with van der Waals surface area (Å²) in [5.41, 5.74) is 0.765. The molecule has 0 spiro atoms. The zero-order chi connectivity index (χ0) is 13.9. The van der Waals surface area contributed by atoms with Crippen molar-refractivity contribution in [2.24, 2.45) is 0 Å². The van der Waals surface area contributed by atoms with Crippen molar-refractivity contribution in [3.8, 4) is 11.5 Å². The van der Waals surface area contributed by atoms with Gasteiger partial charge in [-0.05, 0) is 35.0 Å². The van der Waals surface area contributed by atoms with Crippen LogP contribution in [0, 0.1) is 0 Å². The molecule has 3 aromatic carbocycles. The van der Waals surface area contributed by atoms with Gasteiger partial charge in [0, 0.05) is 10.0 Å². The van der Waals surface area contributed by atoms with E-state index in [1.165, 1.54) is 5.39 Å². The van der Waals surface area contributed by atoms with Crippen LogP contribution in [0.1, 0.15) is 5.56 Å². The topological polar surface area (TPSA) is 29.5 Å². The molecule has 0 fully saturated rings. The molecule has 0 amide bonds. The number of rotatable bonds is 3. The van der Waals surface area contributed by atoms with Gasteiger partial charge in [-0.25, -0.2) is 0 Å². The molecule has 3 rings (SSSR count). The Hall–Kier alpha value is -1.84. The molecule has 20 heavy (non-hydrogen) atoms. The normalized spacial score (nSPS) is 10.7. The van der Waals surface area contributed by atoms with Gasteiger partial charge in [0.15, 0.2) is 0 Å². The third-order valence-electron chi connectivity index (χ3n) is 3.15. The predicted octanol–water partition coefficient (Wildman–Crippen LogP) is 4.89. The summed E-state index contributed by atoms with van der Waals surface area (Å²) in [6.45, 7) is -0.0454. The van der Waals surface area contributed by atoms with Crippen LogP contribution >= 0.6 is 15.9 Å². The lowest BCUT2D eigenvalue weighted by atomic mass is 10.1. The van der Waals surface area contributed by atoms with Gasteiger partial charge >= 0.3 is 0 Å². The van der Waals surface area contributed by atoms with Crippen LogP contribution < -0.4 is 4.74 Å². The number of benzene rings is 3. The zero-order valence-electron chi connectivity index (χ0n) is 10.7. The molecule has 0 heterocycles. The molecular weight excluding hydrogens is 316 g/mol. The molecule has 2 nitrogen and oxygen atoms in total. The van der Waals surface area contributed by atoms with Crippen LogP contribution in [0.4, 0.5) is 0 Å². The van der Waals surface area contributed by atoms with Crippen LogP contribution in [0.25, 0.3) is 10.8 Å². The average molecular weight is 329 g/mol. The first-order valence-electron chi connectivity index (χ1n) is 6.32. The second kappa shape index (κ2) is 5.65. The highest BCUT2D eigenvalue weighted by atomic mass is 79.9. The van der Waals surface area contributed by atoms with Gasteiger partial charge in [0.05, 0.1) is 6.61 Å². The molecular formula is C17H13BrO2. The molecule has 3 aromatic rings. The van der Waals surface area contributed by atoms with Crippen molar-refractivity contribution >= 4 is 26.7 Å². The summed E-state index contributed by atoms with van der Waals surface area (Å²) >= 11 is 3.42. The highest BCUT2D eigenvalue weighted by Crippen LogP contribution is 2.30. The van der Waals surface area contributed by atoms with Crippen molar-refractivity contribution < 1.29 is 9.84 Å². The van der Waals surface area contributed by atoms with Crippen molar-refractivity contribution in [1.82, 2.24) is 0 Å². The maximum atomic E-state index is 9.36. The lowest BCUT2D eigenvalue weighted by Crippen LogP contribution is -1.91. The van der Waals surface area contributed by atoms with Crippen molar-refractivity contribution in [2.45, 2.75) is 6.61 Å². The number of hydrogen-bond acceptors (Lipinski definition) is 2. The largest absolute Gasteiger partial charge is 0.457 e. The van der Waals surface area contributed by atoms with Gasteiger partial charge in [-0.2, -0.15) is 0 Å². The average Bonchev–Trinajstić information content (AvgIpc) is 2.47. The third-order valence-corrected chi connectivity index (χ3v) is 3.64. The van der Waals surface area contributed by atoms with E-state index in [4.69, 9.17) is 4.74 Å². The monoisotopic (exact) mass is 328 g/mol. The van der Waals surface area contributed by atoms with E-state index < -0.39 is 0 Å². The summed E-state index contributed by atoms with van der Waals surface area (Å²) in [5, 5.41) is 11.7. The highest BCUT2D eigenvalue weighted by Gasteiger charge is 2.06. The van der Waals surface area contributed by atoms with E-state index in [-0.39, 0.29) is 6.61 Å². The van der Waals surface area contributed by atoms with Gasteiger partial charge in [0.25, 0.3) is 0 Å². The standard InChI is InChI=1S/C17H13BrO2/c18-15-7-5-14(11-19)17(10-15)20-16-8-6-12-3-1-2-4-13(12)9-16/h1-10,19H,11H2. The minimum absolute atomic E-state index is 0.0454. The van der Waals surface area contributed by atoms with Crippen molar-refractivity contribution in [3.05, 3.63) is 70.7 Å². The Morgan fingerprint density at radius 2 is 1.70 bits per heavy atom. The van der Waals surface area contributed by atoms with Crippen LogP contribution in [0.2, 0.25) is 0 Å². The zero-order valence-corrected chi connectivity index (χ0v) is 12.3. The summed E-state index contributed by atoms with van der Waals surface area (Å²) in [5.74, 6) is 1.42. The fourth-order valence-corrected chi connectivity index (χ4v) is 2.45. The number of halogens is 1.